The number of methoxy groups -OCH3 is 1. The molecule has 1 aliphatic heterocycles. The lowest BCUT2D eigenvalue weighted by Gasteiger charge is -2.28. The number of nitrogens with zero attached hydrogens (tertiary/aromatic N) is 3. The maximum absolute atomic E-state index is 5.66. The van der Waals surface area contributed by atoms with Gasteiger partial charge in [0.05, 0.1) is 32.0 Å². The van der Waals surface area contributed by atoms with Crippen molar-refractivity contribution in [3.05, 3.63) is 54.0 Å². The molecule has 1 aromatic carbocycles. The Kier molecular flexibility index (Phi) is 8.79. The van der Waals surface area contributed by atoms with Gasteiger partial charge in [0.1, 0.15) is 11.5 Å². The number of rotatable bonds is 10. The van der Waals surface area contributed by atoms with E-state index >= 15 is 0 Å². The minimum Gasteiger partial charge on any atom is -0.496 e. The van der Waals surface area contributed by atoms with E-state index in [1.165, 1.54) is 18.4 Å². The number of nitrogens with one attached hydrogen (secondary N) is 2. The number of likely N-dealkylation sites (tertiary alicyclic amines) is 1. The monoisotopic (exact) mass is 427 g/mol. The van der Waals surface area contributed by atoms with Crippen LogP contribution in [0.2, 0.25) is 0 Å². The van der Waals surface area contributed by atoms with Crippen LogP contribution in [0.3, 0.4) is 0 Å². The molecule has 7 heteroatoms. The van der Waals surface area contributed by atoms with Gasteiger partial charge in [-0.15, -0.1) is 0 Å². The van der Waals surface area contributed by atoms with E-state index < -0.39 is 0 Å². The predicted octanol–water partition coefficient (Wildman–Crippen LogP) is 3.28. The van der Waals surface area contributed by atoms with E-state index in [-0.39, 0.29) is 12.1 Å². The summed E-state index contributed by atoms with van der Waals surface area (Å²) in [6, 6.07) is 12.6. The number of para-hydroxylation sites is 1. The Bertz CT molecular complexity index is 800. The van der Waals surface area contributed by atoms with Crippen molar-refractivity contribution in [2.24, 2.45) is 4.99 Å². The first-order valence-corrected chi connectivity index (χ1v) is 11.2. The first-order valence-electron chi connectivity index (χ1n) is 11.2. The van der Waals surface area contributed by atoms with E-state index in [0.29, 0.717) is 13.1 Å². The highest BCUT2D eigenvalue weighted by molar-refractivity contribution is 5.79. The molecular formula is C24H37N5O2. The van der Waals surface area contributed by atoms with Crippen molar-refractivity contribution >= 4 is 5.96 Å². The van der Waals surface area contributed by atoms with E-state index in [1.807, 2.05) is 24.3 Å². The molecule has 1 aliphatic rings. The Balaban J connectivity index is 1.75. The first-order chi connectivity index (χ1) is 15.1. The lowest BCUT2D eigenvalue weighted by molar-refractivity contribution is 0.245. The van der Waals surface area contributed by atoms with Gasteiger partial charge in [0.2, 0.25) is 0 Å². The van der Waals surface area contributed by atoms with Crippen LogP contribution >= 0.6 is 0 Å². The average Bonchev–Trinajstić information content (AvgIpc) is 3.49. The number of likely N-dealkylation sites (N-methyl/N-ethyl adjacent to an activating group) is 1. The summed E-state index contributed by atoms with van der Waals surface area (Å²) in [5.41, 5.74) is 1.20. The minimum absolute atomic E-state index is 0.127. The van der Waals surface area contributed by atoms with Gasteiger partial charge in [-0.2, -0.15) is 0 Å². The fourth-order valence-electron chi connectivity index (χ4n) is 4.14. The summed E-state index contributed by atoms with van der Waals surface area (Å²) in [6.45, 7) is 6.47. The second kappa shape index (κ2) is 11.8. The molecule has 2 N–H and O–H groups in total. The molecule has 2 aromatic rings. The molecular weight excluding hydrogens is 390 g/mol. The van der Waals surface area contributed by atoms with Gasteiger partial charge in [0, 0.05) is 18.7 Å². The molecule has 2 atom stereocenters. The molecule has 0 bridgehead atoms. The number of ether oxygens (including phenoxy) is 1. The Morgan fingerprint density at radius 2 is 1.94 bits per heavy atom. The molecule has 1 aromatic heterocycles. The molecule has 0 amide bonds. The molecule has 7 nitrogen and oxygen atoms in total. The van der Waals surface area contributed by atoms with Crippen molar-refractivity contribution in [1.29, 1.82) is 0 Å². The molecule has 170 valence electrons. The Morgan fingerprint density at radius 1 is 1.16 bits per heavy atom. The van der Waals surface area contributed by atoms with Gasteiger partial charge < -0.3 is 19.8 Å². The van der Waals surface area contributed by atoms with Gasteiger partial charge >= 0.3 is 0 Å². The van der Waals surface area contributed by atoms with Gasteiger partial charge in [-0.05, 0) is 65.1 Å². The number of aliphatic imine (C=N–C) groups is 1. The lowest BCUT2D eigenvalue weighted by atomic mass is 10.0. The number of hydrogen-bond donors (Lipinski definition) is 2. The molecule has 0 aliphatic carbocycles. The summed E-state index contributed by atoms with van der Waals surface area (Å²) in [7, 11) is 5.86. The van der Waals surface area contributed by atoms with Crippen LogP contribution in [-0.2, 0) is 0 Å². The number of furan rings is 1. The van der Waals surface area contributed by atoms with Crippen LogP contribution in [0.1, 0.15) is 43.2 Å². The highest BCUT2D eigenvalue weighted by Gasteiger charge is 2.26. The van der Waals surface area contributed by atoms with Crippen LogP contribution < -0.4 is 15.4 Å². The van der Waals surface area contributed by atoms with Crippen LogP contribution in [0.4, 0.5) is 0 Å². The van der Waals surface area contributed by atoms with Crippen molar-refractivity contribution in [2.45, 2.75) is 31.8 Å². The molecule has 1 fully saturated rings. The van der Waals surface area contributed by atoms with E-state index in [4.69, 9.17) is 14.1 Å². The van der Waals surface area contributed by atoms with Crippen molar-refractivity contribution in [2.75, 3.05) is 53.9 Å². The van der Waals surface area contributed by atoms with Crippen molar-refractivity contribution in [1.82, 2.24) is 20.4 Å². The number of guanidine groups is 1. The van der Waals surface area contributed by atoms with Gasteiger partial charge in [0.25, 0.3) is 0 Å². The van der Waals surface area contributed by atoms with Gasteiger partial charge in [-0.3, -0.25) is 14.8 Å². The third-order valence-electron chi connectivity index (χ3n) is 5.80. The standard InChI is InChI=1S/C24H37N5O2/c1-5-25-24(27-18-21(28(2)3)23-13-10-16-31-23)26-17-20(29-14-8-9-15-29)19-11-6-7-12-22(19)30-4/h6-7,10-13,16,20-21H,5,8-9,14-15,17-18H2,1-4H3,(H2,25,26,27). The molecule has 31 heavy (non-hydrogen) atoms. The van der Waals surface area contributed by atoms with E-state index in [9.17, 15) is 0 Å². The smallest absolute Gasteiger partial charge is 0.191 e. The maximum Gasteiger partial charge on any atom is 0.191 e. The van der Waals surface area contributed by atoms with E-state index in [0.717, 1.165) is 37.1 Å². The zero-order chi connectivity index (χ0) is 22.1. The normalized spacial score (nSPS) is 17.0. The number of hydrogen-bond acceptors (Lipinski definition) is 5. The lowest BCUT2D eigenvalue weighted by Crippen LogP contribution is -2.42. The van der Waals surface area contributed by atoms with Crippen molar-refractivity contribution in [3.8, 4) is 5.75 Å². The first kappa shape index (κ1) is 23.2. The molecule has 0 spiro atoms. The van der Waals surface area contributed by atoms with Crippen LogP contribution in [-0.4, -0.2) is 69.7 Å². The topological polar surface area (TPSA) is 65.3 Å². The van der Waals surface area contributed by atoms with Crippen LogP contribution in [0.25, 0.3) is 0 Å². The van der Waals surface area contributed by atoms with Crippen LogP contribution in [0.15, 0.2) is 52.1 Å². The zero-order valence-electron chi connectivity index (χ0n) is 19.3. The SMILES string of the molecule is CCNC(=NCC(c1ccccc1OC)N1CCCC1)NCC(c1ccco1)N(C)C. The third kappa shape index (κ3) is 6.24. The molecule has 2 heterocycles. The van der Waals surface area contributed by atoms with E-state index in [1.54, 1.807) is 13.4 Å². The zero-order valence-corrected chi connectivity index (χ0v) is 19.3. The second-order valence-electron chi connectivity index (χ2n) is 8.10. The summed E-state index contributed by atoms with van der Waals surface area (Å²) in [5, 5.41) is 6.89. The van der Waals surface area contributed by atoms with Crippen molar-refractivity contribution < 1.29 is 9.15 Å². The molecule has 0 radical (unpaired) electrons. The highest BCUT2D eigenvalue weighted by atomic mass is 16.5. The van der Waals surface area contributed by atoms with Crippen molar-refractivity contribution in [3.63, 3.8) is 0 Å². The Hall–Kier alpha value is -2.51. The summed E-state index contributed by atoms with van der Waals surface area (Å²) >= 11 is 0. The van der Waals surface area contributed by atoms with Gasteiger partial charge in [-0.1, -0.05) is 18.2 Å². The largest absolute Gasteiger partial charge is 0.496 e. The molecule has 2 unspecified atom stereocenters. The summed E-state index contributed by atoms with van der Waals surface area (Å²) < 4.78 is 11.3. The fourth-order valence-corrected chi connectivity index (χ4v) is 4.14. The maximum atomic E-state index is 5.66. The third-order valence-corrected chi connectivity index (χ3v) is 5.80. The Labute approximate surface area is 186 Å². The summed E-state index contributed by atoms with van der Waals surface area (Å²) in [6.07, 6.45) is 4.20. The summed E-state index contributed by atoms with van der Waals surface area (Å²) in [5.74, 6) is 2.69. The molecule has 3 rings (SSSR count). The predicted molar refractivity (Wildman–Crippen MR) is 126 cm³/mol. The number of benzene rings is 1. The van der Waals surface area contributed by atoms with Gasteiger partial charge in [-0.25, -0.2) is 0 Å². The van der Waals surface area contributed by atoms with Crippen LogP contribution in [0, 0.1) is 0 Å². The highest BCUT2D eigenvalue weighted by Crippen LogP contribution is 2.31. The second-order valence-corrected chi connectivity index (χ2v) is 8.10. The minimum atomic E-state index is 0.127. The van der Waals surface area contributed by atoms with Gasteiger partial charge in [0.15, 0.2) is 5.96 Å². The quantitative estimate of drug-likeness (QED) is 0.448. The Morgan fingerprint density at radius 3 is 2.58 bits per heavy atom. The molecule has 1 saturated heterocycles. The van der Waals surface area contributed by atoms with Crippen LogP contribution in [0.5, 0.6) is 5.75 Å². The van der Waals surface area contributed by atoms with E-state index in [2.05, 4.69) is 53.6 Å². The average molecular weight is 428 g/mol. The summed E-state index contributed by atoms with van der Waals surface area (Å²) in [4.78, 5) is 9.65. The molecule has 0 saturated carbocycles. The fraction of sp³-hybridized carbons (Fsp3) is 0.542.